The Bertz CT molecular complexity index is 2520. The molecule has 0 fully saturated rings. The number of carbonyl (C=O) groups excluding carboxylic acids is 8. The largest absolute Gasteiger partial charge is 0.507 e. The highest BCUT2D eigenvalue weighted by Gasteiger charge is 2.29. The molecule has 2 aromatic rings. The summed E-state index contributed by atoms with van der Waals surface area (Å²) in [6.45, 7) is 31.7. The van der Waals surface area contributed by atoms with Gasteiger partial charge in [0.25, 0.3) is 0 Å². The number of imide groups is 2. The second-order valence-corrected chi connectivity index (χ2v) is 26.0. The van der Waals surface area contributed by atoms with Gasteiger partial charge in [-0.3, -0.25) is 4.79 Å². The molecule has 21 nitrogen and oxygen atoms in total. The fraction of sp³-hybridized carbons (Fsp3) is 0.642. The van der Waals surface area contributed by atoms with Gasteiger partial charge in [0.05, 0.1) is 13.2 Å². The number of nitrogens with one attached hydrogen (secondary N) is 3. The van der Waals surface area contributed by atoms with Crippen LogP contribution in [0.4, 0.5) is 24.0 Å². The molecule has 0 heterocycles. The Morgan fingerprint density at radius 1 is 0.420 bits per heavy atom. The summed E-state index contributed by atoms with van der Waals surface area (Å²) in [4.78, 5) is 103. The van der Waals surface area contributed by atoms with Crippen molar-refractivity contribution in [1.82, 2.24) is 25.8 Å². The summed E-state index contributed by atoms with van der Waals surface area (Å²) >= 11 is 0. The maximum absolute atomic E-state index is 13.4. The van der Waals surface area contributed by atoms with Gasteiger partial charge in [-0.15, -0.1) is 0 Å². The van der Waals surface area contributed by atoms with Gasteiger partial charge in [-0.1, -0.05) is 165 Å². The highest BCUT2D eigenvalue weighted by atomic mass is 16.6. The Hall–Kier alpha value is -7.32. The second kappa shape index (κ2) is 38.8. The van der Waals surface area contributed by atoms with Crippen molar-refractivity contribution in [3.8, 4) is 11.5 Å². The Balaban J connectivity index is 1.81. The number of urea groups is 1. The lowest BCUT2D eigenvalue weighted by molar-refractivity contribution is -0.139. The maximum Gasteiger partial charge on any atom is 0.418 e. The number of phenols is 2. The molecule has 2 rings (SSSR count). The van der Waals surface area contributed by atoms with Gasteiger partial charge in [-0.2, -0.15) is 0 Å². The summed E-state index contributed by atoms with van der Waals surface area (Å²) in [5.74, 6) is -1.19. The molecule has 0 saturated carbocycles. The summed E-state index contributed by atoms with van der Waals surface area (Å²) in [7, 11) is 0. The van der Waals surface area contributed by atoms with E-state index in [4.69, 9.17) is 28.4 Å². The average molecular weight is 1240 g/mol. The van der Waals surface area contributed by atoms with Gasteiger partial charge in [0.1, 0.15) is 37.9 Å². The number of aromatic hydroxyl groups is 2. The molecule has 5 N–H and O–H groups in total. The molecule has 0 aliphatic rings. The number of unbranched alkanes of at least 4 members (excludes halogenated alkanes) is 10. The van der Waals surface area contributed by atoms with E-state index in [0.717, 1.165) is 68.2 Å². The van der Waals surface area contributed by atoms with Gasteiger partial charge < -0.3 is 54.6 Å². The van der Waals surface area contributed by atoms with Crippen molar-refractivity contribution in [1.29, 1.82) is 0 Å². The van der Waals surface area contributed by atoms with Crippen molar-refractivity contribution in [2.24, 2.45) is 0 Å². The van der Waals surface area contributed by atoms with Crippen molar-refractivity contribution in [2.75, 3.05) is 72.4 Å². The minimum absolute atomic E-state index is 0.0348. The predicted octanol–water partition coefficient (Wildman–Crippen LogP) is 12.6. The Kier molecular flexibility index (Phi) is 33.9. The van der Waals surface area contributed by atoms with Crippen LogP contribution in [0.25, 0.3) is 0 Å². The van der Waals surface area contributed by atoms with E-state index >= 15 is 0 Å². The van der Waals surface area contributed by atoms with Crippen LogP contribution in [0.1, 0.15) is 206 Å². The topological polar surface area (TPSA) is 275 Å². The van der Waals surface area contributed by atoms with Crippen LogP contribution in [0.15, 0.2) is 49.6 Å². The van der Waals surface area contributed by atoms with Crippen molar-refractivity contribution in [3.05, 3.63) is 83.0 Å². The highest BCUT2D eigenvalue weighted by Crippen LogP contribution is 2.41. The van der Waals surface area contributed by atoms with Gasteiger partial charge in [-0.05, 0) is 93.6 Å². The van der Waals surface area contributed by atoms with E-state index in [2.05, 4.69) is 70.7 Å². The van der Waals surface area contributed by atoms with Crippen molar-refractivity contribution in [3.63, 3.8) is 0 Å². The van der Waals surface area contributed by atoms with Crippen LogP contribution in [0, 0.1) is 0 Å². The number of benzene rings is 2. The number of alkyl carbamates (subject to hydrolysis) is 2. The lowest BCUT2D eigenvalue weighted by Gasteiger charge is -2.28. The van der Waals surface area contributed by atoms with E-state index in [1.165, 1.54) is 0 Å². The van der Waals surface area contributed by atoms with Gasteiger partial charge in [-0.25, -0.2) is 43.4 Å². The zero-order chi connectivity index (χ0) is 66.1. The number of hydrogen-bond acceptors (Lipinski definition) is 16. The fourth-order valence-electron chi connectivity index (χ4n) is 9.23. The minimum atomic E-state index is -0.917. The third-order valence-corrected chi connectivity index (χ3v) is 14.2. The van der Waals surface area contributed by atoms with Crippen LogP contribution in [-0.4, -0.2) is 141 Å². The molecular formula is C67H105N5O16. The minimum Gasteiger partial charge on any atom is -0.507 e. The van der Waals surface area contributed by atoms with Gasteiger partial charge in [0.2, 0.25) is 5.91 Å². The monoisotopic (exact) mass is 1240 g/mol. The summed E-state index contributed by atoms with van der Waals surface area (Å²) in [6.07, 6.45) is 8.24. The molecule has 0 atom stereocenters. The Morgan fingerprint density at radius 2 is 0.739 bits per heavy atom. The lowest BCUT2D eigenvalue weighted by atomic mass is 9.78. The van der Waals surface area contributed by atoms with Crippen LogP contribution in [0.2, 0.25) is 0 Å². The first-order valence-electron chi connectivity index (χ1n) is 31.1. The maximum atomic E-state index is 13.4. The van der Waals surface area contributed by atoms with Crippen LogP contribution in [-0.2, 0) is 77.3 Å². The number of hydrogen-bond donors (Lipinski definition) is 5. The molecule has 0 radical (unpaired) electrons. The molecule has 0 bridgehead atoms. The average Bonchev–Trinajstić information content (AvgIpc) is 2.80. The summed E-state index contributed by atoms with van der Waals surface area (Å²) < 4.78 is 31.2. The van der Waals surface area contributed by atoms with Crippen LogP contribution < -0.4 is 16.0 Å². The first-order chi connectivity index (χ1) is 41.3. The Labute approximate surface area is 523 Å². The van der Waals surface area contributed by atoms with E-state index in [-0.39, 0.29) is 87.4 Å². The molecule has 88 heavy (non-hydrogen) atoms. The number of phenolic OH excluding ortho intramolecular Hbond substituents is 2. The summed E-state index contributed by atoms with van der Waals surface area (Å²) in [5, 5.41) is 30.4. The molecule has 494 valence electrons. The van der Waals surface area contributed by atoms with Crippen molar-refractivity contribution in [2.45, 2.75) is 207 Å². The number of amides is 7. The first-order valence-corrected chi connectivity index (χ1v) is 31.1. The molecule has 2 aromatic carbocycles. The van der Waals surface area contributed by atoms with Crippen LogP contribution >= 0.6 is 0 Å². The standard InChI is InChI=1S/C67H105N5O16/c1-15-55(74)83-40-42-87-62(81)71(54(73)30-24-18-17-19-26-34-69-60(79)85-38-31-48-44-50(64(3,4)5)57(76)51(45-48)65(6,7)8)36-28-22-20-25-33-68-59(78)72(63(82)88-43-41-84-56(75)16-2)37-29-23-21-27-35-70-61(80)86-39-32-49-46-52(66(9,10)11)58(77)53(47-49)67(12,13)14/h15-16,44-47,76-77H,1-2,17-43H2,3-14H3,(H,68,78)(H,69,79)(H,70,80). The zero-order valence-corrected chi connectivity index (χ0v) is 55.0. The number of ether oxygens (including phenoxy) is 6. The summed E-state index contributed by atoms with van der Waals surface area (Å²) in [5.41, 5.74) is 4.22. The van der Waals surface area contributed by atoms with E-state index < -0.39 is 48.2 Å². The molecule has 0 aliphatic carbocycles. The molecule has 0 spiro atoms. The molecule has 0 saturated heterocycles. The molecule has 0 aliphatic heterocycles. The highest BCUT2D eigenvalue weighted by molar-refractivity contribution is 5.92. The SMILES string of the molecule is C=CC(=O)OCCOC(=O)N(CCCCCCNC(=O)N(CCCCCCNC(=O)OCCc1cc(C(C)(C)C)c(O)c(C(C)(C)C)c1)C(=O)OCCOC(=O)C=C)C(=O)CCCCCCCNC(=O)OCCc1cc(C(C)(C)C)c(O)c(C(C)(C)C)c1. The normalized spacial score (nSPS) is 11.6. The third kappa shape index (κ3) is 30.1. The molecule has 0 unspecified atom stereocenters. The third-order valence-electron chi connectivity index (χ3n) is 14.2. The second-order valence-electron chi connectivity index (χ2n) is 26.0. The van der Waals surface area contributed by atoms with Crippen LogP contribution in [0.3, 0.4) is 0 Å². The van der Waals surface area contributed by atoms with E-state index in [1.54, 1.807) is 0 Å². The lowest BCUT2D eigenvalue weighted by Crippen LogP contribution is -2.45. The van der Waals surface area contributed by atoms with Crippen molar-refractivity contribution >= 4 is 48.2 Å². The predicted molar refractivity (Wildman–Crippen MR) is 339 cm³/mol. The molecular weight excluding hydrogens is 1130 g/mol. The molecule has 0 aromatic heterocycles. The smallest absolute Gasteiger partial charge is 0.418 e. The van der Waals surface area contributed by atoms with E-state index in [1.807, 2.05) is 65.8 Å². The van der Waals surface area contributed by atoms with E-state index in [0.29, 0.717) is 108 Å². The first kappa shape index (κ1) is 76.8. The quantitative estimate of drug-likeness (QED) is 0.0184. The van der Waals surface area contributed by atoms with Crippen LogP contribution in [0.5, 0.6) is 11.5 Å². The fourth-order valence-corrected chi connectivity index (χ4v) is 9.23. The molecule has 7 amide bonds. The molecule has 21 heteroatoms. The van der Waals surface area contributed by atoms with Gasteiger partial charge in [0.15, 0.2) is 0 Å². The van der Waals surface area contributed by atoms with Gasteiger partial charge in [0, 0.05) is 64.1 Å². The number of esters is 2. The van der Waals surface area contributed by atoms with Gasteiger partial charge >= 0.3 is 42.3 Å². The Morgan fingerprint density at radius 3 is 1.11 bits per heavy atom. The van der Waals surface area contributed by atoms with Crippen molar-refractivity contribution < 1.29 is 77.0 Å². The van der Waals surface area contributed by atoms with E-state index in [9.17, 15) is 48.6 Å². The number of carbonyl (C=O) groups is 8. The number of rotatable bonds is 36. The summed E-state index contributed by atoms with van der Waals surface area (Å²) in [6, 6.07) is 7.22. The number of nitrogens with zero attached hydrogens (tertiary/aromatic N) is 2. The zero-order valence-electron chi connectivity index (χ0n) is 55.0.